The lowest BCUT2D eigenvalue weighted by Gasteiger charge is -2.30. The van der Waals surface area contributed by atoms with Gasteiger partial charge in [0.15, 0.2) is 0 Å². The van der Waals surface area contributed by atoms with Crippen molar-refractivity contribution in [2.24, 2.45) is 0 Å². The van der Waals surface area contributed by atoms with Crippen LogP contribution in [-0.4, -0.2) is 33.7 Å². The summed E-state index contributed by atoms with van der Waals surface area (Å²) in [6.07, 6.45) is 1.12. The zero-order valence-corrected chi connectivity index (χ0v) is 20.5. The van der Waals surface area contributed by atoms with Gasteiger partial charge >= 0.3 is 0 Å². The van der Waals surface area contributed by atoms with E-state index in [1.807, 2.05) is 32.9 Å². The van der Waals surface area contributed by atoms with Crippen LogP contribution in [0.2, 0.25) is 0 Å². The van der Waals surface area contributed by atoms with Gasteiger partial charge in [-0.1, -0.05) is 26.0 Å². The van der Waals surface area contributed by atoms with Gasteiger partial charge < -0.3 is 10.1 Å². The number of ether oxygens (including phenoxy) is 1. The number of nitrogens with zero attached hydrogens (tertiary/aromatic N) is 1. The van der Waals surface area contributed by atoms with Crippen LogP contribution in [0.25, 0.3) is 0 Å². The summed E-state index contributed by atoms with van der Waals surface area (Å²) in [5.41, 5.74) is 4.43. The lowest BCUT2D eigenvalue weighted by atomic mass is 9.93. The van der Waals surface area contributed by atoms with Crippen molar-refractivity contribution < 1.29 is 17.9 Å². The molecule has 6 nitrogen and oxygen atoms in total. The number of benzene rings is 2. The number of hydrogen-bond donors (Lipinski definition) is 1. The van der Waals surface area contributed by atoms with Crippen molar-refractivity contribution in [3.05, 3.63) is 58.7 Å². The normalized spacial score (nSPS) is 13.6. The molecule has 31 heavy (non-hydrogen) atoms. The second-order valence-corrected chi connectivity index (χ2v) is 10.3. The molecule has 1 N–H and O–H groups in total. The van der Waals surface area contributed by atoms with Gasteiger partial charge in [0.1, 0.15) is 11.8 Å². The monoisotopic (exact) mass is 446 g/mol. The van der Waals surface area contributed by atoms with Crippen molar-refractivity contribution in [1.82, 2.24) is 5.32 Å². The number of rotatable bonds is 8. The third kappa shape index (κ3) is 5.79. The number of amides is 1. The fourth-order valence-corrected chi connectivity index (χ4v) is 4.96. The minimum atomic E-state index is -3.66. The first-order valence-corrected chi connectivity index (χ1v) is 12.3. The van der Waals surface area contributed by atoms with E-state index in [0.29, 0.717) is 5.69 Å². The molecule has 170 valence electrons. The van der Waals surface area contributed by atoms with E-state index in [0.717, 1.165) is 34.3 Å². The number of methoxy groups -OCH3 is 1. The molecule has 0 bridgehead atoms. The molecule has 2 atom stereocenters. The summed E-state index contributed by atoms with van der Waals surface area (Å²) < 4.78 is 31.7. The van der Waals surface area contributed by atoms with E-state index < -0.39 is 16.1 Å². The van der Waals surface area contributed by atoms with Gasteiger partial charge in [-0.2, -0.15) is 0 Å². The smallest absolute Gasteiger partial charge is 0.244 e. The summed E-state index contributed by atoms with van der Waals surface area (Å²) in [6, 6.07) is 9.97. The number of hydrogen-bond acceptors (Lipinski definition) is 4. The quantitative estimate of drug-likeness (QED) is 0.649. The molecule has 0 aliphatic heterocycles. The highest BCUT2D eigenvalue weighted by Gasteiger charge is 2.30. The van der Waals surface area contributed by atoms with Crippen LogP contribution in [0, 0.1) is 13.8 Å². The van der Waals surface area contributed by atoms with Crippen LogP contribution < -0.4 is 14.4 Å². The Bertz CT molecular complexity index is 1050. The van der Waals surface area contributed by atoms with E-state index >= 15 is 0 Å². The number of nitrogens with one attached hydrogen (secondary N) is 1. The van der Waals surface area contributed by atoms with E-state index in [9.17, 15) is 13.2 Å². The average molecular weight is 447 g/mol. The minimum Gasteiger partial charge on any atom is -0.496 e. The van der Waals surface area contributed by atoms with Crippen LogP contribution in [0.1, 0.15) is 61.9 Å². The highest BCUT2D eigenvalue weighted by atomic mass is 32.2. The molecule has 2 rings (SSSR count). The average Bonchev–Trinajstić information content (AvgIpc) is 2.66. The summed E-state index contributed by atoms with van der Waals surface area (Å²) >= 11 is 0. The Balaban J connectivity index is 2.33. The van der Waals surface area contributed by atoms with Crippen molar-refractivity contribution >= 4 is 21.6 Å². The minimum absolute atomic E-state index is 0.262. The van der Waals surface area contributed by atoms with Crippen LogP contribution in [0.3, 0.4) is 0 Å². The summed E-state index contributed by atoms with van der Waals surface area (Å²) in [4.78, 5) is 13.1. The number of carbonyl (C=O) groups is 1. The molecule has 0 aliphatic rings. The fourth-order valence-electron chi connectivity index (χ4n) is 3.80. The Morgan fingerprint density at radius 2 is 1.68 bits per heavy atom. The second kappa shape index (κ2) is 9.73. The maximum Gasteiger partial charge on any atom is 0.244 e. The molecule has 2 aromatic carbocycles. The number of anilines is 1. The van der Waals surface area contributed by atoms with Crippen LogP contribution in [-0.2, 0) is 14.8 Å². The molecule has 0 radical (unpaired) electrons. The van der Waals surface area contributed by atoms with E-state index in [1.54, 1.807) is 32.2 Å². The molecule has 0 heterocycles. The second-order valence-electron chi connectivity index (χ2n) is 8.41. The van der Waals surface area contributed by atoms with E-state index in [1.165, 1.54) is 4.31 Å². The molecule has 7 heteroatoms. The SMILES string of the molecule is COc1cc(C)c([C@@H](C)NC(=O)[C@@H](C)N(c2cccc(C)c2)S(C)(=O)=O)cc1C(C)C. The molecular weight excluding hydrogens is 412 g/mol. The Hall–Kier alpha value is -2.54. The predicted octanol–water partition coefficient (Wildman–Crippen LogP) is 4.47. The van der Waals surface area contributed by atoms with Gasteiger partial charge in [-0.25, -0.2) is 8.42 Å². The topological polar surface area (TPSA) is 75.7 Å². The summed E-state index contributed by atoms with van der Waals surface area (Å²) in [6.45, 7) is 11.5. The third-order valence-electron chi connectivity index (χ3n) is 5.41. The standard InChI is InChI=1S/C24H34N2O4S/c1-15(2)21-14-22(17(4)13-23(21)30-7)18(5)25-24(27)19(6)26(31(8,28)29)20-11-9-10-16(3)12-20/h9-15,18-19H,1-8H3,(H,25,27)/t18-,19-/m1/s1. The van der Waals surface area contributed by atoms with Gasteiger partial charge in [0.25, 0.3) is 0 Å². The Labute approximate surface area is 186 Å². The van der Waals surface area contributed by atoms with Gasteiger partial charge in [-0.15, -0.1) is 0 Å². The molecule has 2 aromatic rings. The molecule has 0 spiro atoms. The van der Waals surface area contributed by atoms with Crippen molar-refractivity contribution in [3.8, 4) is 5.75 Å². The first kappa shape index (κ1) is 24.7. The Morgan fingerprint density at radius 1 is 1.03 bits per heavy atom. The lowest BCUT2D eigenvalue weighted by Crippen LogP contribution is -2.48. The summed E-state index contributed by atoms with van der Waals surface area (Å²) in [5, 5.41) is 2.99. The zero-order chi connectivity index (χ0) is 23.5. The highest BCUT2D eigenvalue weighted by Crippen LogP contribution is 2.32. The van der Waals surface area contributed by atoms with Gasteiger partial charge in [0.2, 0.25) is 15.9 Å². The van der Waals surface area contributed by atoms with Gasteiger partial charge in [0, 0.05) is 0 Å². The van der Waals surface area contributed by atoms with Crippen molar-refractivity contribution in [3.63, 3.8) is 0 Å². The Morgan fingerprint density at radius 3 is 2.19 bits per heavy atom. The molecular formula is C24H34N2O4S. The van der Waals surface area contributed by atoms with Crippen molar-refractivity contribution in [2.75, 3.05) is 17.7 Å². The van der Waals surface area contributed by atoms with Crippen LogP contribution in [0.15, 0.2) is 36.4 Å². The van der Waals surface area contributed by atoms with E-state index in [4.69, 9.17) is 4.74 Å². The first-order valence-electron chi connectivity index (χ1n) is 10.4. The van der Waals surface area contributed by atoms with E-state index in [2.05, 4.69) is 25.2 Å². The highest BCUT2D eigenvalue weighted by molar-refractivity contribution is 7.92. The van der Waals surface area contributed by atoms with Gasteiger partial charge in [0.05, 0.1) is 25.1 Å². The van der Waals surface area contributed by atoms with Gasteiger partial charge in [-0.05, 0) is 80.1 Å². The molecule has 0 aliphatic carbocycles. The molecule has 0 unspecified atom stereocenters. The van der Waals surface area contributed by atoms with Gasteiger partial charge in [-0.3, -0.25) is 9.10 Å². The van der Waals surface area contributed by atoms with Crippen LogP contribution in [0.4, 0.5) is 5.69 Å². The molecule has 1 amide bonds. The van der Waals surface area contributed by atoms with E-state index in [-0.39, 0.29) is 17.9 Å². The number of carbonyl (C=O) groups excluding carboxylic acids is 1. The maximum absolute atomic E-state index is 13.1. The number of aryl methyl sites for hydroxylation is 2. The van der Waals surface area contributed by atoms with Crippen molar-refractivity contribution in [1.29, 1.82) is 0 Å². The lowest BCUT2D eigenvalue weighted by molar-refractivity contribution is -0.122. The third-order valence-corrected chi connectivity index (χ3v) is 6.65. The largest absolute Gasteiger partial charge is 0.496 e. The molecule has 0 saturated heterocycles. The first-order chi connectivity index (χ1) is 14.4. The van der Waals surface area contributed by atoms with Crippen LogP contribution >= 0.6 is 0 Å². The summed E-state index contributed by atoms with van der Waals surface area (Å²) in [5.74, 6) is 0.727. The molecule has 0 saturated carbocycles. The zero-order valence-electron chi connectivity index (χ0n) is 19.7. The maximum atomic E-state index is 13.1. The molecule has 0 fully saturated rings. The fraction of sp³-hybridized carbons (Fsp3) is 0.458. The molecule has 0 aromatic heterocycles. The van der Waals surface area contributed by atoms with Crippen molar-refractivity contribution in [2.45, 2.75) is 59.5 Å². The predicted molar refractivity (Wildman–Crippen MR) is 126 cm³/mol. The summed E-state index contributed by atoms with van der Waals surface area (Å²) in [7, 11) is -2.01. The number of sulfonamides is 1. The Kier molecular flexibility index (Phi) is 7.76. The van der Waals surface area contributed by atoms with Crippen LogP contribution in [0.5, 0.6) is 5.75 Å².